The molecule has 0 radical (unpaired) electrons. The Bertz CT molecular complexity index is 1220. The van der Waals surface area contributed by atoms with Gasteiger partial charge < -0.3 is 21.1 Å². The fourth-order valence-electron chi connectivity index (χ4n) is 4.33. The molecule has 1 aliphatic heterocycles. The summed E-state index contributed by atoms with van der Waals surface area (Å²) in [5, 5.41) is 12.4. The molecule has 0 aliphatic carbocycles. The van der Waals surface area contributed by atoms with Gasteiger partial charge >= 0.3 is 0 Å². The van der Waals surface area contributed by atoms with Gasteiger partial charge in [-0.1, -0.05) is 36.4 Å². The Labute approximate surface area is 203 Å². The fraction of sp³-hybridized carbons (Fsp3) is 0.308. The van der Waals surface area contributed by atoms with Gasteiger partial charge in [0.05, 0.1) is 30.1 Å². The van der Waals surface area contributed by atoms with Crippen molar-refractivity contribution in [3.05, 3.63) is 77.4 Å². The molecule has 1 saturated heterocycles. The minimum atomic E-state index is -0.739. The second kappa shape index (κ2) is 10.6. The largest absolute Gasteiger partial charge is 0.394 e. The van der Waals surface area contributed by atoms with Crippen LogP contribution in [0.5, 0.6) is 0 Å². The Morgan fingerprint density at radius 3 is 2.71 bits per heavy atom. The molecule has 9 heteroatoms. The summed E-state index contributed by atoms with van der Waals surface area (Å²) in [6, 6.07) is 12.5. The summed E-state index contributed by atoms with van der Waals surface area (Å²) < 4.78 is 15.0. The fourth-order valence-corrected chi connectivity index (χ4v) is 4.33. The van der Waals surface area contributed by atoms with E-state index in [0.29, 0.717) is 29.1 Å². The number of halogens is 1. The highest BCUT2D eigenvalue weighted by atomic mass is 19.1. The first-order valence-electron chi connectivity index (χ1n) is 11.5. The predicted molar refractivity (Wildman–Crippen MR) is 130 cm³/mol. The van der Waals surface area contributed by atoms with Crippen LogP contribution in [0.2, 0.25) is 0 Å². The van der Waals surface area contributed by atoms with Crippen LogP contribution in [0.1, 0.15) is 53.3 Å². The number of benzene rings is 2. The molecule has 4 N–H and O–H groups in total. The van der Waals surface area contributed by atoms with Crippen LogP contribution in [0.4, 0.5) is 10.2 Å². The van der Waals surface area contributed by atoms with E-state index in [1.54, 1.807) is 48.4 Å². The molecule has 3 aromatic rings. The SMILES string of the molecule is CC(=O)N1CCCC(c2cnc(N)c(-c3ccc(C(=O)NC(CO)c4ccccc4)c(F)c3)n2)C1. The molecule has 1 fully saturated rings. The summed E-state index contributed by atoms with van der Waals surface area (Å²) in [6.07, 6.45) is 3.33. The maximum absolute atomic E-state index is 15.0. The molecule has 4 rings (SSSR count). The van der Waals surface area contributed by atoms with Crippen LogP contribution >= 0.6 is 0 Å². The maximum atomic E-state index is 15.0. The lowest BCUT2D eigenvalue weighted by molar-refractivity contribution is -0.130. The van der Waals surface area contributed by atoms with Crippen LogP contribution < -0.4 is 11.1 Å². The van der Waals surface area contributed by atoms with Gasteiger partial charge in [-0.05, 0) is 30.5 Å². The maximum Gasteiger partial charge on any atom is 0.254 e. The van der Waals surface area contributed by atoms with Crippen molar-refractivity contribution >= 4 is 17.6 Å². The number of carbonyl (C=O) groups excluding carboxylic acids is 2. The molecule has 2 atom stereocenters. The number of nitrogen functional groups attached to an aromatic ring is 1. The molecule has 2 heterocycles. The first-order valence-corrected chi connectivity index (χ1v) is 11.5. The highest BCUT2D eigenvalue weighted by Crippen LogP contribution is 2.30. The van der Waals surface area contributed by atoms with Crippen molar-refractivity contribution in [1.82, 2.24) is 20.2 Å². The number of aliphatic hydroxyl groups is 1. The lowest BCUT2D eigenvalue weighted by atomic mass is 9.94. The Morgan fingerprint density at radius 1 is 1.26 bits per heavy atom. The second-order valence-electron chi connectivity index (χ2n) is 8.65. The summed E-state index contributed by atoms with van der Waals surface area (Å²) in [4.78, 5) is 35.2. The number of nitrogens with zero attached hydrogens (tertiary/aromatic N) is 3. The summed E-state index contributed by atoms with van der Waals surface area (Å²) >= 11 is 0. The molecule has 2 unspecified atom stereocenters. The Morgan fingerprint density at radius 2 is 2.03 bits per heavy atom. The monoisotopic (exact) mass is 477 g/mol. The number of nitrogens with two attached hydrogens (primary N) is 1. The van der Waals surface area contributed by atoms with E-state index in [1.165, 1.54) is 12.1 Å². The van der Waals surface area contributed by atoms with E-state index in [9.17, 15) is 14.7 Å². The van der Waals surface area contributed by atoms with Crippen molar-refractivity contribution in [3.63, 3.8) is 0 Å². The second-order valence-corrected chi connectivity index (χ2v) is 8.65. The van der Waals surface area contributed by atoms with Crippen molar-refractivity contribution in [3.8, 4) is 11.3 Å². The molecule has 1 aromatic heterocycles. The Balaban J connectivity index is 1.56. The molecular formula is C26H28FN5O3. The van der Waals surface area contributed by atoms with Gasteiger partial charge in [-0.3, -0.25) is 9.59 Å². The third kappa shape index (κ3) is 5.46. The summed E-state index contributed by atoms with van der Waals surface area (Å²) in [5.41, 5.74) is 8.02. The standard InChI is InChI=1S/C26H28FN5O3/c1-16(34)32-11-5-8-19(14-32)22-13-29-25(28)24(30-22)18-9-10-20(21(27)12-18)26(35)31-23(15-33)17-6-3-2-4-7-17/h2-4,6-7,9-10,12-13,19,23,33H,5,8,11,14-15H2,1H3,(H2,28,29)(H,31,35). The molecule has 2 amide bonds. The van der Waals surface area contributed by atoms with Gasteiger partial charge in [0.15, 0.2) is 0 Å². The number of anilines is 1. The van der Waals surface area contributed by atoms with E-state index >= 15 is 4.39 Å². The van der Waals surface area contributed by atoms with Crippen LogP contribution in [0.15, 0.2) is 54.7 Å². The zero-order valence-electron chi connectivity index (χ0n) is 19.4. The predicted octanol–water partition coefficient (Wildman–Crippen LogP) is 3.05. The molecule has 8 nitrogen and oxygen atoms in total. The molecule has 0 spiro atoms. The van der Waals surface area contributed by atoms with Crippen molar-refractivity contribution in [1.29, 1.82) is 0 Å². The highest BCUT2D eigenvalue weighted by molar-refractivity contribution is 5.95. The normalized spacial score (nSPS) is 16.5. The molecule has 0 bridgehead atoms. The van der Waals surface area contributed by atoms with Crippen molar-refractivity contribution in [2.75, 3.05) is 25.4 Å². The van der Waals surface area contributed by atoms with Gasteiger partial charge in [0.2, 0.25) is 5.91 Å². The van der Waals surface area contributed by atoms with E-state index < -0.39 is 17.8 Å². The third-order valence-electron chi connectivity index (χ3n) is 6.28. The zero-order chi connectivity index (χ0) is 24.9. The molecular weight excluding hydrogens is 449 g/mol. The van der Waals surface area contributed by atoms with Gasteiger partial charge in [0.1, 0.15) is 17.3 Å². The lowest BCUT2D eigenvalue weighted by Crippen LogP contribution is -2.37. The van der Waals surface area contributed by atoms with Gasteiger partial charge in [0.25, 0.3) is 5.91 Å². The first kappa shape index (κ1) is 24.3. The molecule has 0 saturated carbocycles. The van der Waals surface area contributed by atoms with Crippen molar-refractivity contribution in [2.45, 2.75) is 31.7 Å². The van der Waals surface area contributed by atoms with E-state index in [0.717, 1.165) is 19.4 Å². The number of nitrogens with one attached hydrogen (secondary N) is 1. The van der Waals surface area contributed by atoms with Crippen LogP contribution in [-0.2, 0) is 4.79 Å². The molecule has 182 valence electrons. The van der Waals surface area contributed by atoms with Crippen LogP contribution in [0.25, 0.3) is 11.3 Å². The number of carbonyl (C=O) groups is 2. The number of aliphatic hydroxyl groups excluding tert-OH is 1. The molecule has 1 aliphatic rings. The lowest BCUT2D eigenvalue weighted by Gasteiger charge is -2.31. The number of amides is 2. The van der Waals surface area contributed by atoms with E-state index in [1.807, 2.05) is 6.07 Å². The zero-order valence-corrected chi connectivity index (χ0v) is 19.4. The van der Waals surface area contributed by atoms with Gasteiger partial charge in [0, 0.05) is 31.5 Å². The number of rotatable bonds is 6. The molecule has 35 heavy (non-hydrogen) atoms. The Kier molecular flexibility index (Phi) is 7.36. The minimum Gasteiger partial charge on any atom is -0.394 e. The Hall–Kier alpha value is -3.85. The average Bonchev–Trinajstić information content (AvgIpc) is 2.88. The van der Waals surface area contributed by atoms with Crippen LogP contribution in [0.3, 0.4) is 0 Å². The number of hydrogen-bond acceptors (Lipinski definition) is 6. The van der Waals surface area contributed by atoms with Crippen LogP contribution in [0, 0.1) is 5.82 Å². The van der Waals surface area contributed by atoms with Gasteiger partial charge in [-0.25, -0.2) is 14.4 Å². The summed E-state index contributed by atoms with van der Waals surface area (Å²) in [7, 11) is 0. The quantitative estimate of drug-likeness (QED) is 0.502. The van der Waals surface area contributed by atoms with E-state index in [2.05, 4.69) is 15.3 Å². The molecule has 2 aromatic carbocycles. The third-order valence-corrected chi connectivity index (χ3v) is 6.28. The average molecular weight is 478 g/mol. The summed E-state index contributed by atoms with van der Waals surface area (Å²) in [5.74, 6) is -1.20. The van der Waals surface area contributed by atoms with Crippen molar-refractivity contribution < 1.29 is 19.1 Å². The van der Waals surface area contributed by atoms with Crippen LogP contribution in [-0.4, -0.2) is 51.5 Å². The van der Waals surface area contributed by atoms with E-state index in [4.69, 9.17) is 5.73 Å². The smallest absolute Gasteiger partial charge is 0.254 e. The van der Waals surface area contributed by atoms with E-state index in [-0.39, 0.29) is 29.8 Å². The minimum absolute atomic E-state index is 0.0165. The topological polar surface area (TPSA) is 121 Å². The summed E-state index contributed by atoms with van der Waals surface area (Å²) in [6.45, 7) is 2.49. The first-order chi connectivity index (χ1) is 16.9. The van der Waals surface area contributed by atoms with Gasteiger partial charge in [-0.2, -0.15) is 0 Å². The van der Waals surface area contributed by atoms with Gasteiger partial charge in [-0.15, -0.1) is 0 Å². The highest BCUT2D eigenvalue weighted by Gasteiger charge is 2.25. The number of aromatic nitrogens is 2. The van der Waals surface area contributed by atoms with Crippen molar-refractivity contribution in [2.24, 2.45) is 0 Å². The number of piperidine rings is 1. The number of likely N-dealkylation sites (tertiary alicyclic amines) is 1. The number of hydrogen-bond donors (Lipinski definition) is 3.